The van der Waals surface area contributed by atoms with E-state index in [1.54, 1.807) is 0 Å². The molecule has 0 aromatic heterocycles. The fraction of sp³-hybridized carbons (Fsp3) is 1.00. The Morgan fingerprint density at radius 3 is 2.77 bits per heavy atom. The largest absolute Gasteiger partial charge is 0.384 e. The van der Waals surface area contributed by atoms with Crippen molar-refractivity contribution in [2.45, 2.75) is 45.4 Å². The first kappa shape index (κ1) is 9.51. The van der Waals surface area contributed by atoms with E-state index >= 15 is 0 Å². The molecule has 0 amide bonds. The van der Waals surface area contributed by atoms with Gasteiger partial charge in [-0.3, -0.25) is 0 Å². The van der Waals surface area contributed by atoms with Crippen LogP contribution in [0.4, 0.5) is 0 Å². The highest BCUT2D eigenvalue weighted by Gasteiger charge is 2.49. The molecular weight excluding hydrogens is 160 g/mol. The lowest BCUT2D eigenvalue weighted by atomic mass is 9.53. The SMILES string of the molecule is COC[C@]1(C)C[C@@H]2CCCCC[C@@H]21. The average molecular weight is 182 g/mol. The fourth-order valence-corrected chi connectivity index (χ4v) is 3.63. The van der Waals surface area contributed by atoms with E-state index in [1.807, 2.05) is 7.11 Å². The molecule has 0 saturated heterocycles. The summed E-state index contributed by atoms with van der Waals surface area (Å²) in [6, 6.07) is 0. The fourth-order valence-electron chi connectivity index (χ4n) is 3.63. The summed E-state index contributed by atoms with van der Waals surface area (Å²) in [5, 5.41) is 0. The first-order chi connectivity index (χ1) is 6.26. The van der Waals surface area contributed by atoms with Gasteiger partial charge >= 0.3 is 0 Å². The van der Waals surface area contributed by atoms with Crippen molar-refractivity contribution < 1.29 is 4.74 Å². The number of ether oxygens (including phenoxy) is 1. The van der Waals surface area contributed by atoms with Gasteiger partial charge in [-0.25, -0.2) is 0 Å². The van der Waals surface area contributed by atoms with Gasteiger partial charge in [0.05, 0.1) is 6.61 Å². The first-order valence-electron chi connectivity index (χ1n) is 5.75. The summed E-state index contributed by atoms with van der Waals surface area (Å²) in [4.78, 5) is 0. The molecule has 13 heavy (non-hydrogen) atoms. The van der Waals surface area contributed by atoms with Crippen molar-refractivity contribution >= 4 is 0 Å². The number of hydrogen-bond acceptors (Lipinski definition) is 1. The smallest absolute Gasteiger partial charge is 0.0518 e. The Morgan fingerprint density at radius 2 is 2.00 bits per heavy atom. The first-order valence-corrected chi connectivity index (χ1v) is 5.75. The highest BCUT2D eigenvalue weighted by atomic mass is 16.5. The van der Waals surface area contributed by atoms with Crippen molar-refractivity contribution in [2.24, 2.45) is 17.3 Å². The van der Waals surface area contributed by atoms with Gasteiger partial charge in [0.2, 0.25) is 0 Å². The molecule has 0 aliphatic heterocycles. The van der Waals surface area contributed by atoms with Crippen LogP contribution < -0.4 is 0 Å². The topological polar surface area (TPSA) is 9.23 Å². The molecule has 0 unspecified atom stereocenters. The van der Waals surface area contributed by atoms with Gasteiger partial charge in [0, 0.05) is 7.11 Å². The lowest BCUT2D eigenvalue weighted by Gasteiger charge is -2.53. The molecule has 2 aliphatic carbocycles. The minimum Gasteiger partial charge on any atom is -0.384 e. The summed E-state index contributed by atoms with van der Waals surface area (Å²) in [6.45, 7) is 3.40. The van der Waals surface area contributed by atoms with Crippen LogP contribution in [0, 0.1) is 17.3 Å². The van der Waals surface area contributed by atoms with E-state index in [4.69, 9.17) is 4.74 Å². The minimum absolute atomic E-state index is 0.532. The molecule has 2 fully saturated rings. The van der Waals surface area contributed by atoms with Gasteiger partial charge in [-0.1, -0.05) is 32.6 Å². The minimum atomic E-state index is 0.532. The van der Waals surface area contributed by atoms with Gasteiger partial charge in [-0.15, -0.1) is 0 Å². The van der Waals surface area contributed by atoms with Gasteiger partial charge in [0.1, 0.15) is 0 Å². The second kappa shape index (κ2) is 3.61. The van der Waals surface area contributed by atoms with Crippen molar-refractivity contribution in [1.29, 1.82) is 0 Å². The number of fused-ring (bicyclic) bond motifs is 1. The zero-order valence-corrected chi connectivity index (χ0v) is 9.01. The molecule has 1 heteroatoms. The standard InChI is InChI=1S/C12H22O/c1-12(9-13-2)8-10-6-4-3-5-7-11(10)12/h10-11H,3-9H2,1-2H3/t10-,11-,12-/m0/s1. The molecule has 76 valence electrons. The van der Waals surface area contributed by atoms with E-state index < -0.39 is 0 Å². The molecule has 2 rings (SSSR count). The van der Waals surface area contributed by atoms with Gasteiger partial charge in [-0.2, -0.15) is 0 Å². The summed E-state index contributed by atoms with van der Waals surface area (Å²) >= 11 is 0. The third kappa shape index (κ3) is 1.63. The quantitative estimate of drug-likeness (QED) is 0.637. The Labute approximate surface area is 81.9 Å². The summed E-state index contributed by atoms with van der Waals surface area (Å²) in [5.41, 5.74) is 0.532. The van der Waals surface area contributed by atoms with Crippen molar-refractivity contribution in [3.63, 3.8) is 0 Å². The van der Waals surface area contributed by atoms with E-state index in [0.717, 1.165) is 18.4 Å². The van der Waals surface area contributed by atoms with Gasteiger partial charge < -0.3 is 4.74 Å². The van der Waals surface area contributed by atoms with E-state index in [9.17, 15) is 0 Å². The van der Waals surface area contributed by atoms with Gasteiger partial charge in [0.15, 0.2) is 0 Å². The molecule has 0 radical (unpaired) electrons. The molecule has 0 aromatic carbocycles. The Balaban J connectivity index is 1.96. The highest BCUT2D eigenvalue weighted by molar-refractivity contribution is 4.99. The molecule has 0 spiro atoms. The van der Waals surface area contributed by atoms with Crippen LogP contribution in [0.25, 0.3) is 0 Å². The van der Waals surface area contributed by atoms with Crippen LogP contribution in [0.15, 0.2) is 0 Å². The van der Waals surface area contributed by atoms with Crippen LogP contribution in [-0.2, 0) is 4.74 Å². The number of hydrogen-bond donors (Lipinski definition) is 0. The lowest BCUT2D eigenvalue weighted by Crippen LogP contribution is -2.48. The normalized spacial score (nSPS) is 44.8. The monoisotopic (exact) mass is 182 g/mol. The average Bonchev–Trinajstić information content (AvgIpc) is 2.27. The van der Waals surface area contributed by atoms with Crippen LogP contribution >= 0.6 is 0 Å². The van der Waals surface area contributed by atoms with Crippen LogP contribution in [0.3, 0.4) is 0 Å². The molecule has 0 aromatic rings. The molecule has 2 aliphatic rings. The predicted molar refractivity (Wildman–Crippen MR) is 54.7 cm³/mol. The maximum atomic E-state index is 5.34. The summed E-state index contributed by atoms with van der Waals surface area (Å²) < 4.78 is 5.34. The lowest BCUT2D eigenvalue weighted by molar-refractivity contribution is -0.0823. The zero-order valence-electron chi connectivity index (χ0n) is 9.01. The Kier molecular flexibility index (Phi) is 2.64. The van der Waals surface area contributed by atoms with Crippen LogP contribution in [-0.4, -0.2) is 13.7 Å². The van der Waals surface area contributed by atoms with Crippen molar-refractivity contribution in [3.05, 3.63) is 0 Å². The second-order valence-corrected chi connectivity index (χ2v) is 5.30. The van der Waals surface area contributed by atoms with Crippen molar-refractivity contribution in [2.75, 3.05) is 13.7 Å². The third-order valence-electron chi connectivity index (χ3n) is 4.26. The van der Waals surface area contributed by atoms with E-state index in [-0.39, 0.29) is 0 Å². The zero-order chi connectivity index (χ0) is 9.31. The van der Waals surface area contributed by atoms with E-state index in [2.05, 4.69) is 6.92 Å². The van der Waals surface area contributed by atoms with Gasteiger partial charge in [-0.05, 0) is 30.1 Å². The molecule has 0 N–H and O–H groups in total. The molecule has 2 saturated carbocycles. The Hall–Kier alpha value is -0.0400. The Morgan fingerprint density at radius 1 is 1.23 bits per heavy atom. The van der Waals surface area contributed by atoms with Gasteiger partial charge in [0.25, 0.3) is 0 Å². The molecule has 1 nitrogen and oxygen atoms in total. The molecule has 0 bridgehead atoms. The number of methoxy groups -OCH3 is 1. The van der Waals surface area contributed by atoms with E-state index in [0.29, 0.717) is 5.41 Å². The second-order valence-electron chi connectivity index (χ2n) is 5.30. The highest BCUT2D eigenvalue weighted by Crippen LogP contribution is 2.56. The Bertz CT molecular complexity index is 178. The van der Waals surface area contributed by atoms with Crippen LogP contribution in [0.2, 0.25) is 0 Å². The predicted octanol–water partition coefficient (Wildman–Crippen LogP) is 3.24. The summed E-state index contributed by atoms with van der Waals surface area (Å²) in [6.07, 6.45) is 8.78. The maximum Gasteiger partial charge on any atom is 0.0518 e. The molecular formula is C12H22O. The van der Waals surface area contributed by atoms with Crippen molar-refractivity contribution in [1.82, 2.24) is 0 Å². The third-order valence-corrected chi connectivity index (χ3v) is 4.26. The molecule has 3 atom stereocenters. The van der Waals surface area contributed by atoms with Crippen molar-refractivity contribution in [3.8, 4) is 0 Å². The van der Waals surface area contributed by atoms with Crippen LogP contribution in [0.1, 0.15) is 45.4 Å². The maximum absolute atomic E-state index is 5.34. The number of rotatable bonds is 2. The summed E-state index contributed by atoms with van der Waals surface area (Å²) in [7, 11) is 1.84. The summed E-state index contributed by atoms with van der Waals surface area (Å²) in [5.74, 6) is 2.03. The molecule has 0 heterocycles. The van der Waals surface area contributed by atoms with Crippen LogP contribution in [0.5, 0.6) is 0 Å². The van der Waals surface area contributed by atoms with E-state index in [1.165, 1.54) is 38.5 Å².